The Bertz CT molecular complexity index is 977. The first kappa shape index (κ1) is 21.3. The molecule has 0 aliphatic carbocycles. The van der Waals surface area contributed by atoms with Crippen molar-refractivity contribution in [2.24, 2.45) is 5.14 Å². The lowest BCUT2D eigenvalue weighted by Crippen LogP contribution is -2.29. The molecule has 0 saturated heterocycles. The Hall–Kier alpha value is -2.98. The summed E-state index contributed by atoms with van der Waals surface area (Å²) in [7, 11) is -2.62. The number of hydrogen-bond donors (Lipinski definition) is 3. The summed E-state index contributed by atoms with van der Waals surface area (Å²) in [4.78, 5) is 23.4. The number of methoxy groups -OCH3 is 1. The summed E-state index contributed by atoms with van der Waals surface area (Å²) < 4.78 is 41.5. The van der Waals surface area contributed by atoms with Crippen molar-refractivity contribution >= 4 is 27.5 Å². The van der Waals surface area contributed by atoms with Crippen LogP contribution in [-0.4, -0.2) is 27.3 Å². The van der Waals surface area contributed by atoms with Gasteiger partial charge in [-0.1, -0.05) is 12.1 Å². The first-order valence-electron chi connectivity index (χ1n) is 8.13. The van der Waals surface area contributed by atoms with E-state index in [1.54, 1.807) is 24.3 Å². The predicted molar refractivity (Wildman–Crippen MR) is 101 cm³/mol. The van der Waals surface area contributed by atoms with E-state index in [0.29, 0.717) is 11.3 Å². The molecule has 0 radical (unpaired) electrons. The number of ether oxygens (including phenoxy) is 1. The predicted octanol–water partition coefficient (Wildman–Crippen LogP) is 1.69. The molecular formula is C18H20FN3O5S. The Labute approximate surface area is 161 Å². The smallest absolute Gasteiger partial charge is 0.238 e. The summed E-state index contributed by atoms with van der Waals surface area (Å²) in [6, 6.07) is 8.91. The van der Waals surface area contributed by atoms with E-state index in [-0.39, 0.29) is 18.0 Å². The van der Waals surface area contributed by atoms with E-state index in [0.717, 1.165) is 18.2 Å². The maximum absolute atomic E-state index is 13.6. The van der Waals surface area contributed by atoms with Gasteiger partial charge in [0.05, 0.1) is 24.5 Å². The molecule has 4 N–H and O–H groups in total. The number of carbonyl (C=O) groups excluding carboxylic acids is 2. The minimum Gasteiger partial charge on any atom is -0.497 e. The second kappa shape index (κ2) is 8.81. The summed E-state index contributed by atoms with van der Waals surface area (Å²) in [5.41, 5.74) is 0.598. The summed E-state index contributed by atoms with van der Waals surface area (Å²) in [5, 5.41) is 10.1. The van der Waals surface area contributed by atoms with Gasteiger partial charge in [0.15, 0.2) is 0 Å². The number of primary sulfonamides is 1. The first-order valence-corrected chi connectivity index (χ1v) is 9.67. The van der Waals surface area contributed by atoms with Crippen LogP contribution in [0.1, 0.15) is 24.9 Å². The summed E-state index contributed by atoms with van der Waals surface area (Å²) in [6.45, 7) is 1.32. The summed E-state index contributed by atoms with van der Waals surface area (Å²) in [6.07, 6.45) is -0.160. The molecule has 0 aliphatic heterocycles. The lowest BCUT2D eigenvalue weighted by molar-refractivity contribution is -0.120. The molecule has 0 aromatic heterocycles. The van der Waals surface area contributed by atoms with Crippen LogP contribution in [-0.2, 0) is 19.6 Å². The Morgan fingerprint density at radius 1 is 1.18 bits per heavy atom. The van der Waals surface area contributed by atoms with E-state index < -0.39 is 32.7 Å². The van der Waals surface area contributed by atoms with E-state index in [1.807, 2.05) is 0 Å². The SMILES string of the molecule is COc1ccc(C(CC(=O)Nc2cc(F)cc(S(N)(=O)=O)c2)NC(C)=O)cc1. The zero-order valence-electron chi connectivity index (χ0n) is 15.2. The molecule has 0 saturated carbocycles. The maximum atomic E-state index is 13.6. The molecule has 8 nitrogen and oxygen atoms in total. The molecular weight excluding hydrogens is 389 g/mol. The van der Waals surface area contributed by atoms with Crippen molar-refractivity contribution in [2.75, 3.05) is 12.4 Å². The molecule has 2 amide bonds. The minimum absolute atomic E-state index is 0.0645. The van der Waals surface area contributed by atoms with Gasteiger partial charge in [0, 0.05) is 12.6 Å². The second-order valence-electron chi connectivity index (χ2n) is 6.00. The number of nitrogens with two attached hydrogens (primary N) is 1. The van der Waals surface area contributed by atoms with Crippen LogP contribution >= 0.6 is 0 Å². The van der Waals surface area contributed by atoms with E-state index in [9.17, 15) is 22.4 Å². The van der Waals surface area contributed by atoms with Crippen molar-refractivity contribution in [3.63, 3.8) is 0 Å². The van der Waals surface area contributed by atoms with Gasteiger partial charge in [-0.15, -0.1) is 0 Å². The van der Waals surface area contributed by atoms with Gasteiger partial charge in [0.1, 0.15) is 11.6 Å². The average molecular weight is 409 g/mol. The molecule has 0 fully saturated rings. The molecule has 28 heavy (non-hydrogen) atoms. The van der Waals surface area contributed by atoms with Gasteiger partial charge in [0.25, 0.3) is 0 Å². The van der Waals surface area contributed by atoms with Gasteiger partial charge < -0.3 is 15.4 Å². The maximum Gasteiger partial charge on any atom is 0.238 e. The second-order valence-corrected chi connectivity index (χ2v) is 7.56. The third-order valence-electron chi connectivity index (χ3n) is 3.77. The number of amides is 2. The number of halogens is 1. The van der Waals surface area contributed by atoms with E-state index in [2.05, 4.69) is 10.6 Å². The van der Waals surface area contributed by atoms with Crippen LogP contribution in [0.4, 0.5) is 10.1 Å². The number of benzene rings is 2. The Morgan fingerprint density at radius 3 is 2.36 bits per heavy atom. The molecule has 10 heteroatoms. The molecule has 0 heterocycles. The number of anilines is 1. The van der Waals surface area contributed by atoms with Crippen LogP contribution in [0.5, 0.6) is 5.75 Å². The standard InChI is InChI=1S/C18H20FN3O5S/c1-11(23)21-17(12-3-5-15(27-2)6-4-12)10-18(24)22-14-7-13(19)8-16(9-14)28(20,25)26/h3-9,17H,10H2,1-2H3,(H,21,23)(H,22,24)(H2,20,25,26). The Balaban J connectivity index is 2.19. The zero-order chi connectivity index (χ0) is 20.9. The fourth-order valence-corrected chi connectivity index (χ4v) is 3.10. The highest BCUT2D eigenvalue weighted by molar-refractivity contribution is 7.89. The first-order chi connectivity index (χ1) is 13.1. The van der Waals surface area contributed by atoms with Crippen LogP contribution in [0.3, 0.4) is 0 Å². The van der Waals surface area contributed by atoms with Crippen LogP contribution in [0.25, 0.3) is 0 Å². The number of rotatable bonds is 7. The minimum atomic E-state index is -4.13. The van der Waals surface area contributed by atoms with Gasteiger partial charge in [-0.3, -0.25) is 9.59 Å². The third-order valence-corrected chi connectivity index (χ3v) is 4.66. The molecule has 0 spiro atoms. The van der Waals surface area contributed by atoms with Crippen molar-refractivity contribution < 1.29 is 27.1 Å². The van der Waals surface area contributed by atoms with Gasteiger partial charge >= 0.3 is 0 Å². The number of hydrogen-bond acceptors (Lipinski definition) is 5. The summed E-state index contributed by atoms with van der Waals surface area (Å²) >= 11 is 0. The number of carbonyl (C=O) groups is 2. The Kier molecular flexibility index (Phi) is 6.71. The molecule has 0 bridgehead atoms. The van der Waals surface area contributed by atoms with Gasteiger partial charge in [0.2, 0.25) is 21.8 Å². The molecule has 2 aromatic carbocycles. The van der Waals surface area contributed by atoms with Crippen LogP contribution in [0.2, 0.25) is 0 Å². The van der Waals surface area contributed by atoms with Crippen molar-refractivity contribution in [3.05, 3.63) is 53.8 Å². The van der Waals surface area contributed by atoms with Crippen molar-refractivity contribution in [1.29, 1.82) is 0 Å². The third kappa shape index (κ3) is 6.03. The average Bonchev–Trinajstić information content (AvgIpc) is 2.59. The van der Waals surface area contributed by atoms with E-state index >= 15 is 0 Å². The summed E-state index contributed by atoms with van der Waals surface area (Å²) in [5.74, 6) is -1.14. The van der Waals surface area contributed by atoms with Crippen molar-refractivity contribution in [2.45, 2.75) is 24.3 Å². The van der Waals surface area contributed by atoms with Crippen molar-refractivity contribution in [1.82, 2.24) is 5.32 Å². The number of sulfonamides is 1. The normalized spacial score (nSPS) is 12.1. The lowest BCUT2D eigenvalue weighted by atomic mass is 10.0. The van der Waals surface area contributed by atoms with Gasteiger partial charge in [-0.2, -0.15) is 0 Å². The number of nitrogens with one attached hydrogen (secondary N) is 2. The molecule has 150 valence electrons. The van der Waals surface area contributed by atoms with Crippen molar-refractivity contribution in [3.8, 4) is 5.75 Å². The molecule has 0 aliphatic rings. The molecule has 1 unspecified atom stereocenters. The highest BCUT2D eigenvalue weighted by Crippen LogP contribution is 2.22. The quantitative estimate of drug-likeness (QED) is 0.641. The fraction of sp³-hybridized carbons (Fsp3) is 0.222. The van der Waals surface area contributed by atoms with E-state index in [1.165, 1.54) is 14.0 Å². The molecule has 2 aromatic rings. The highest BCUT2D eigenvalue weighted by Gasteiger charge is 2.18. The van der Waals surface area contributed by atoms with Crippen LogP contribution in [0.15, 0.2) is 47.4 Å². The Morgan fingerprint density at radius 2 is 1.82 bits per heavy atom. The molecule has 1 atom stereocenters. The lowest BCUT2D eigenvalue weighted by Gasteiger charge is -2.18. The van der Waals surface area contributed by atoms with Gasteiger partial charge in [-0.25, -0.2) is 17.9 Å². The topological polar surface area (TPSA) is 128 Å². The fourth-order valence-electron chi connectivity index (χ4n) is 2.53. The highest BCUT2D eigenvalue weighted by atomic mass is 32.2. The molecule has 2 rings (SSSR count). The zero-order valence-corrected chi connectivity index (χ0v) is 16.0. The van der Waals surface area contributed by atoms with E-state index in [4.69, 9.17) is 9.88 Å². The van der Waals surface area contributed by atoms with Crippen LogP contribution in [0, 0.1) is 5.82 Å². The monoisotopic (exact) mass is 409 g/mol. The van der Waals surface area contributed by atoms with Gasteiger partial charge in [-0.05, 0) is 35.9 Å². The largest absolute Gasteiger partial charge is 0.497 e. The van der Waals surface area contributed by atoms with Crippen LogP contribution < -0.4 is 20.5 Å².